The molecule has 4 rings (SSSR count). The number of aromatic nitrogens is 1. The minimum atomic E-state index is -0.800. The second kappa shape index (κ2) is 7.33. The Bertz CT molecular complexity index is 1130. The zero-order valence-corrected chi connectivity index (χ0v) is 17.1. The number of aliphatic hydroxyl groups excluding tert-OH is 1. The van der Waals surface area contributed by atoms with Crippen LogP contribution in [0.2, 0.25) is 0 Å². The standard InChI is InChI=1S/C22H20N2O4S/c1-12-9-10-16(28-12)18-17(19(25)21-13(2)23-14(3)29-21)20(26)22(27)24(18)11-15-7-5-4-6-8-15/h4-10,18,26H,11H2,1-3H3. The number of hydrogen-bond donors (Lipinski definition) is 1. The van der Waals surface area contributed by atoms with E-state index >= 15 is 0 Å². The molecule has 3 heterocycles. The van der Waals surface area contributed by atoms with Gasteiger partial charge in [-0.2, -0.15) is 0 Å². The summed E-state index contributed by atoms with van der Waals surface area (Å²) in [5, 5.41) is 11.4. The van der Waals surface area contributed by atoms with Crippen LogP contribution in [0, 0.1) is 20.8 Å². The number of carbonyl (C=O) groups is 2. The first-order valence-electron chi connectivity index (χ1n) is 9.20. The van der Waals surface area contributed by atoms with Crippen molar-refractivity contribution in [1.29, 1.82) is 0 Å². The van der Waals surface area contributed by atoms with Crippen molar-refractivity contribution in [1.82, 2.24) is 9.88 Å². The van der Waals surface area contributed by atoms with Crippen LogP contribution in [-0.2, 0) is 11.3 Å². The number of nitrogens with zero attached hydrogens (tertiary/aromatic N) is 2. The summed E-state index contributed by atoms with van der Waals surface area (Å²) in [5.74, 6) is -0.410. The summed E-state index contributed by atoms with van der Waals surface area (Å²) in [6.07, 6.45) is 0. The predicted molar refractivity (Wildman–Crippen MR) is 109 cm³/mol. The van der Waals surface area contributed by atoms with E-state index in [1.165, 1.54) is 16.2 Å². The molecule has 1 aliphatic rings. The van der Waals surface area contributed by atoms with Gasteiger partial charge in [0.15, 0.2) is 5.76 Å². The average molecular weight is 408 g/mol. The Labute approximate surface area is 172 Å². The van der Waals surface area contributed by atoms with Crippen LogP contribution in [0.5, 0.6) is 0 Å². The van der Waals surface area contributed by atoms with Crippen molar-refractivity contribution < 1.29 is 19.1 Å². The number of amides is 1. The first-order valence-corrected chi connectivity index (χ1v) is 10.0. The topological polar surface area (TPSA) is 83.6 Å². The van der Waals surface area contributed by atoms with E-state index in [2.05, 4.69) is 4.98 Å². The molecule has 1 aromatic carbocycles. The monoisotopic (exact) mass is 408 g/mol. The number of Topliss-reactive ketones (excluding diaryl/α,β-unsaturated/α-hetero) is 1. The number of thiazole rings is 1. The van der Waals surface area contributed by atoms with Crippen molar-refractivity contribution in [3.63, 3.8) is 0 Å². The molecule has 1 amide bonds. The van der Waals surface area contributed by atoms with Crippen molar-refractivity contribution >= 4 is 23.0 Å². The number of furan rings is 1. The van der Waals surface area contributed by atoms with Gasteiger partial charge in [0.25, 0.3) is 5.91 Å². The third-order valence-corrected chi connectivity index (χ3v) is 5.96. The maximum absolute atomic E-state index is 13.4. The molecule has 148 valence electrons. The van der Waals surface area contributed by atoms with Gasteiger partial charge < -0.3 is 14.4 Å². The lowest BCUT2D eigenvalue weighted by Gasteiger charge is -2.25. The largest absolute Gasteiger partial charge is 0.503 e. The quantitative estimate of drug-likeness (QED) is 0.631. The van der Waals surface area contributed by atoms with E-state index in [0.717, 1.165) is 10.6 Å². The second-order valence-corrected chi connectivity index (χ2v) is 8.21. The van der Waals surface area contributed by atoms with Crippen LogP contribution in [0.3, 0.4) is 0 Å². The van der Waals surface area contributed by atoms with Crippen molar-refractivity contribution in [2.75, 3.05) is 0 Å². The second-order valence-electron chi connectivity index (χ2n) is 7.01. The molecule has 0 bridgehead atoms. The van der Waals surface area contributed by atoms with Crippen LogP contribution in [0.1, 0.15) is 43.5 Å². The Morgan fingerprint density at radius 1 is 1.17 bits per heavy atom. The minimum absolute atomic E-state index is 0.0343. The lowest BCUT2D eigenvalue weighted by atomic mass is 9.99. The normalized spacial score (nSPS) is 16.7. The Morgan fingerprint density at radius 3 is 2.48 bits per heavy atom. The highest BCUT2D eigenvalue weighted by Gasteiger charge is 2.45. The molecule has 0 saturated heterocycles. The van der Waals surface area contributed by atoms with Gasteiger partial charge in [-0.15, -0.1) is 11.3 Å². The number of aliphatic hydroxyl groups is 1. The molecule has 3 aromatic rings. The predicted octanol–water partition coefficient (Wildman–Crippen LogP) is 4.44. The van der Waals surface area contributed by atoms with Crippen LogP contribution < -0.4 is 0 Å². The number of rotatable bonds is 5. The first kappa shape index (κ1) is 19.1. The summed E-state index contributed by atoms with van der Waals surface area (Å²) >= 11 is 1.25. The Hall–Kier alpha value is -3.19. The molecule has 2 aromatic heterocycles. The van der Waals surface area contributed by atoms with Crippen molar-refractivity contribution in [2.45, 2.75) is 33.4 Å². The molecule has 6 nitrogen and oxygen atoms in total. The van der Waals surface area contributed by atoms with E-state index in [0.29, 0.717) is 22.1 Å². The van der Waals surface area contributed by atoms with Crippen molar-refractivity contribution in [2.24, 2.45) is 0 Å². The van der Waals surface area contributed by atoms with Gasteiger partial charge in [-0.1, -0.05) is 30.3 Å². The number of benzene rings is 1. The number of carbonyl (C=O) groups excluding carboxylic acids is 2. The van der Waals surface area contributed by atoms with E-state index < -0.39 is 23.5 Å². The molecule has 1 atom stereocenters. The molecule has 7 heteroatoms. The first-order chi connectivity index (χ1) is 13.9. The van der Waals surface area contributed by atoms with E-state index in [1.54, 1.807) is 26.0 Å². The van der Waals surface area contributed by atoms with Crippen molar-refractivity contribution in [3.8, 4) is 0 Å². The molecular weight excluding hydrogens is 388 g/mol. The molecule has 0 spiro atoms. The molecular formula is C22H20N2O4S. The Balaban J connectivity index is 1.80. The van der Waals surface area contributed by atoms with Gasteiger partial charge in [0, 0.05) is 6.54 Å². The van der Waals surface area contributed by atoms with E-state index in [4.69, 9.17) is 4.42 Å². The van der Waals surface area contributed by atoms with Gasteiger partial charge in [-0.25, -0.2) is 4.98 Å². The maximum atomic E-state index is 13.4. The third kappa shape index (κ3) is 3.38. The zero-order chi connectivity index (χ0) is 20.7. The Kier molecular flexibility index (Phi) is 4.84. The Morgan fingerprint density at radius 2 is 1.90 bits per heavy atom. The van der Waals surface area contributed by atoms with Gasteiger partial charge in [0.1, 0.15) is 17.6 Å². The fourth-order valence-corrected chi connectivity index (χ4v) is 4.46. The van der Waals surface area contributed by atoms with Crippen LogP contribution in [-0.4, -0.2) is 26.7 Å². The fourth-order valence-electron chi connectivity index (χ4n) is 3.59. The van der Waals surface area contributed by atoms with Crippen LogP contribution in [0.4, 0.5) is 0 Å². The summed E-state index contributed by atoms with van der Waals surface area (Å²) in [7, 11) is 0. The summed E-state index contributed by atoms with van der Waals surface area (Å²) in [5.41, 5.74) is 1.51. The van der Waals surface area contributed by atoms with E-state index in [9.17, 15) is 14.7 Å². The lowest BCUT2D eigenvalue weighted by Crippen LogP contribution is -2.30. The molecule has 0 saturated carbocycles. The lowest BCUT2D eigenvalue weighted by molar-refractivity contribution is -0.130. The highest BCUT2D eigenvalue weighted by Crippen LogP contribution is 2.41. The zero-order valence-electron chi connectivity index (χ0n) is 16.3. The smallest absolute Gasteiger partial charge is 0.290 e. The van der Waals surface area contributed by atoms with Gasteiger partial charge in [0.2, 0.25) is 5.78 Å². The van der Waals surface area contributed by atoms with Gasteiger partial charge in [0.05, 0.1) is 21.2 Å². The summed E-state index contributed by atoms with van der Waals surface area (Å²) in [4.78, 5) is 32.5. The van der Waals surface area contributed by atoms with Crippen molar-refractivity contribution in [3.05, 3.63) is 86.5 Å². The van der Waals surface area contributed by atoms with Crippen LogP contribution >= 0.6 is 11.3 Å². The fraction of sp³-hybridized carbons (Fsp3) is 0.227. The molecule has 1 aliphatic heterocycles. The molecule has 0 fully saturated rings. The molecule has 0 aliphatic carbocycles. The van der Waals surface area contributed by atoms with E-state index in [-0.39, 0.29) is 12.1 Å². The highest BCUT2D eigenvalue weighted by molar-refractivity contribution is 7.14. The SMILES string of the molecule is Cc1ccc(C2C(C(=O)c3sc(C)nc3C)=C(O)C(=O)N2Cc2ccccc2)o1. The highest BCUT2D eigenvalue weighted by atomic mass is 32.1. The summed E-state index contributed by atoms with van der Waals surface area (Å²) in [6.45, 7) is 5.60. The summed E-state index contributed by atoms with van der Waals surface area (Å²) < 4.78 is 5.78. The van der Waals surface area contributed by atoms with Gasteiger partial charge >= 0.3 is 0 Å². The van der Waals surface area contributed by atoms with E-state index in [1.807, 2.05) is 37.3 Å². The van der Waals surface area contributed by atoms with Gasteiger partial charge in [-0.05, 0) is 38.5 Å². The molecule has 29 heavy (non-hydrogen) atoms. The van der Waals surface area contributed by atoms with Crippen LogP contribution in [0.25, 0.3) is 0 Å². The van der Waals surface area contributed by atoms with Gasteiger partial charge in [-0.3, -0.25) is 9.59 Å². The number of aryl methyl sites for hydroxylation is 3. The average Bonchev–Trinajstić information content (AvgIpc) is 3.34. The maximum Gasteiger partial charge on any atom is 0.290 e. The molecule has 1 unspecified atom stereocenters. The minimum Gasteiger partial charge on any atom is -0.503 e. The number of hydrogen-bond acceptors (Lipinski definition) is 6. The molecule has 1 N–H and O–H groups in total. The van der Waals surface area contributed by atoms with Crippen LogP contribution in [0.15, 0.2) is 58.2 Å². The summed E-state index contributed by atoms with van der Waals surface area (Å²) in [6, 6.07) is 12.2. The molecule has 0 radical (unpaired) electrons. The number of ketones is 1. The third-order valence-electron chi connectivity index (χ3n) is 4.88.